The Balaban J connectivity index is 0.000000161. The maximum absolute atomic E-state index is 4.94. The zero-order chi connectivity index (χ0) is 30.9. The lowest BCUT2D eigenvalue weighted by atomic mass is 10.1. The van der Waals surface area contributed by atoms with Crippen molar-refractivity contribution in [3.8, 4) is 11.1 Å². The van der Waals surface area contributed by atoms with E-state index in [1.54, 1.807) is 0 Å². The number of aryl methyl sites for hydroxylation is 1. The molecule has 1 aliphatic heterocycles. The molecule has 232 valence electrons. The standard InChI is InChI=1S/C20H22Br3N.C13H8Br2.C4H8O/c21-11-5-3-1-2-4-6-12-24-19-13-15(22)7-9-17(19)18-10-8-16(23)14-20(18)24;14-10-1-3-12-8(6-10)5-9-7-11(15)2-4-13(9)12;1-2-4-5-3-1/h7-10,13-14H,1-6,11-12H2;1-4,6-7H,5H2;1-4H2. The smallest absolute Gasteiger partial charge is 0.0502 e. The Kier molecular flexibility index (Phi) is 13.5. The second-order valence-corrected chi connectivity index (χ2v) is 15.8. The van der Waals surface area contributed by atoms with Gasteiger partial charge in [0.05, 0.1) is 11.0 Å². The van der Waals surface area contributed by atoms with Crippen molar-refractivity contribution in [1.29, 1.82) is 0 Å². The monoisotopic (exact) mass is 907 g/mol. The Morgan fingerprint density at radius 1 is 0.545 bits per heavy atom. The molecule has 7 rings (SSSR count). The van der Waals surface area contributed by atoms with Crippen LogP contribution in [-0.2, 0) is 17.7 Å². The summed E-state index contributed by atoms with van der Waals surface area (Å²) in [7, 11) is 0. The number of benzene rings is 4. The minimum atomic E-state index is 1.00. The van der Waals surface area contributed by atoms with E-state index in [-0.39, 0.29) is 0 Å². The van der Waals surface area contributed by atoms with Crippen LogP contribution in [0.2, 0.25) is 0 Å². The second kappa shape index (κ2) is 17.3. The molecule has 0 N–H and O–H groups in total. The van der Waals surface area contributed by atoms with E-state index in [0.29, 0.717) is 0 Å². The summed E-state index contributed by atoms with van der Waals surface area (Å²) in [5, 5.41) is 3.83. The Bertz CT molecular complexity index is 1570. The molecule has 0 amide bonds. The van der Waals surface area contributed by atoms with Gasteiger partial charge in [-0.3, -0.25) is 0 Å². The van der Waals surface area contributed by atoms with E-state index in [2.05, 4.69) is 157 Å². The van der Waals surface area contributed by atoms with Gasteiger partial charge in [-0.2, -0.15) is 0 Å². The number of alkyl halides is 1. The van der Waals surface area contributed by atoms with E-state index in [1.165, 1.54) is 95.4 Å². The summed E-state index contributed by atoms with van der Waals surface area (Å²) in [5.74, 6) is 0. The average Bonchev–Trinajstić information content (AvgIpc) is 3.76. The Hall–Kier alpha value is -0.960. The van der Waals surface area contributed by atoms with Gasteiger partial charge in [-0.25, -0.2) is 0 Å². The number of aromatic nitrogens is 1. The Morgan fingerprint density at radius 3 is 1.48 bits per heavy atom. The third kappa shape index (κ3) is 9.10. The largest absolute Gasteiger partial charge is 0.381 e. The van der Waals surface area contributed by atoms with Crippen molar-refractivity contribution in [3.63, 3.8) is 0 Å². The fraction of sp³-hybridized carbons (Fsp3) is 0.351. The summed E-state index contributed by atoms with van der Waals surface area (Å²) in [6, 6.07) is 26.3. The van der Waals surface area contributed by atoms with Gasteiger partial charge in [0.2, 0.25) is 0 Å². The van der Waals surface area contributed by atoms with Crippen molar-refractivity contribution in [2.45, 2.75) is 64.3 Å². The fourth-order valence-electron chi connectivity index (χ4n) is 6.01. The third-order valence-corrected chi connectivity index (χ3v) is 10.7. The molecular weight excluding hydrogens is 874 g/mol. The molecular formula is C37H38Br5NO. The molecule has 44 heavy (non-hydrogen) atoms. The van der Waals surface area contributed by atoms with Crippen molar-refractivity contribution in [2.24, 2.45) is 0 Å². The summed E-state index contributed by atoms with van der Waals surface area (Å²) in [6.07, 6.45) is 11.5. The summed E-state index contributed by atoms with van der Waals surface area (Å²) in [4.78, 5) is 0. The van der Waals surface area contributed by atoms with E-state index in [9.17, 15) is 0 Å². The van der Waals surface area contributed by atoms with Crippen LogP contribution in [0.5, 0.6) is 0 Å². The Labute approximate surface area is 304 Å². The molecule has 0 unspecified atom stereocenters. The molecule has 2 heterocycles. The van der Waals surface area contributed by atoms with E-state index in [4.69, 9.17) is 4.74 Å². The number of halogens is 5. The highest BCUT2D eigenvalue weighted by Gasteiger charge is 2.18. The molecule has 4 aromatic carbocycles. The number of nitrogens with zero attached hydrogens (tertiary/aromatic N) is 1. The summed E-state index contributed by atoms with van der Waals surface area (Å²) in [5.41, 5.74) is 8.24. The molecule has 2 nitrogen and oxygen atoms in total. The SMILES string of the molecule is BrCCCCCCCCn1c2cc(Br)ccc2c2ccc(Br)cc21.Brc1ccc2c(c1)Cc1cc(Br)ccc1-2.C1CCOC1. The molecule has 0 bridgehead atoms. The van der Waals surface area contributed by atoms with E-state index >= 15 is 0 Å². The highest BCUT2D eigenvalue weighted by molar-refractivity contribution is 9.11. The normalized spacial score (nSPS) is 13.3. The topological polar surface area (TPSA) is 14.2 Å². The fourth-order valence-corrected chi connectivity index (χ4v) is 7.92. The highest BCUT2D eigenvalue weighted by atomic mass is 79.9. The Morgan fingerprint density at radius 2 is 1.00 bits per heavy atom. The van der Waals surface area contributed by atoms with Crippen LogP contribution in [0.1, 0.15) is 62.5 Å². The van der Waals surface area contributed by atoms with Crippen molar-refractivity contribution in [3.05, 3.63) is 102 Å². The van der Waals surface area contributed by atoms with Crippen LogP contribution in [-0.4, -0.2) is 23.1 Å². The van der Waals surface area contributed by atoms with Crippen LogP contribution in [0.3, 0.4) is 0 Å². The van der Waals surface area contributed by atoms with Gasteiger partial charge in [0, 0.05) is 53.8 Å². The molecule has 5 aromatic rings. The first-order chi connectivity index (χ1) is 21.4. The number of rotatable bonds is 8. The van der Waals surface area contributed by atoms with Crippen LogP contribution >= 0.6 is 79.6 Å². The van der Waals surface area contributed by atoms with Crippen molar-refractivity contribution in [1.82, 2.24) is 4.57 Å². The highest BCUT2D eigenvalue weighted by Crippen LogP contribution is 2.39. The third-order valence-electron chi connectivity index (χ3n) is 8.19. The van der Waals surface area contributed by atoms with E-state index in [1.807, 2.05) is 0 Å². The summed E-state index contributed by atoms with van der Waals surface area (Å²) >= 11 is 17.8. The minimum absolute atomic E-state index is 1.00. The average molecular weight is 912 g/mol. The maximum Gasteiger partial charge on any atom is 0.0502 e. The molecule has 7 heteroatoms. The zero-order valence-electron chi connectivity index (χ0n) is 24.9. The predicted octanol–water partition coefficient (Wildman–Crippen LogP) is 13.6. The number of hydrogen-bond acceptors (Lipinski definition) is 1. The van der Waals surface area contributed by atoms with Crippen molar-refractivity contribution < 1.29 is 4.74 Å². The molecule has 1 aliphatic carbocycles. The molecule has 1 saturated heterocycles. The molecule has 2 aliphatic rings. The summed E-state index contributed by atoms with van der Waals surface area (Å²) < 4.78 is 12.0. The summed E-state index contributed by atoms with van der Waals surface area (Å²) in [6.45, 7) is 3.09. The van der Waals surface area contributed by atoms with Crippen LogP contribution in [0.15, 0.2) is 90.7 Å². The van der Waals surface area contributed by atoms with Gasteiger partial charge < -0.3 is 9.30 Å². The van der Waals surface area contributed by atoms with Crippen molar-refractivity contribution >= 4 is 101 Å². The van der Waals surface area contributed by atoms with Gasteiger partial charge in [-0.1, -0.05) is 130 Å². The van der Waals surface area contributed by atoms with Crippen molar-refractivity contribution in [2.75, 3.05) is 18.5 Å². The van der Waals surface area contributed by atoms with Gasteiger partial charge >= 0.3 is 0 Å². The minimum Gasteiger partial charge on any atom is -0.381 e. The molecule has 0 spiro atoms. The molecule has 1 fully saturated rings. The first-order valence-corrected chi connectivity index (χ1v) is 19.8. The number of fused-ring (bicyclic) bond motifs is 6. The lowest BCUT2D eigenvalue weighted by Crippen LogP contribution is -1.98. The number of hydrogen-bond donors (Lipinski definition) is 0. The van der Waals surface area contributed by atoms with Crippen LogP contribution in [0, 0.1) is 0 Å². The lowest BCUT2D eigenvalue weighted by molar-refractivity contribution is 0.198. The lowest BCUT2D eigenvalue weighted by Gasteiger charge is -2.08. The van der Waals surface area contributed by atoms with Crippen LogP contribution in [0.25, 0.3) is 32.9 Å². The molecule has 0 atom stereocenters. The molecule has 1 aromatic heterocycles. The van der Waals surface area contributed by atoms with Gasteiger partial charge in [-0.05, 0) is 103 Å². The van der Waals surface area contributed by atoms with Gasteiger partial charge in [0.25, 0.3) is 0 Å². The zero-order valence-corrected chi connectivity index (χ0v) is 32.8. The molecule has 0 saturated carbocycles. The second-order valence-electron chi connectivity index (χ2n) is 11.4. The van der Waals surface area contributed by atoms with Crippen LogP contribution < -0.4 is 0 Å². The van der Waals surface area contributed by atoms with Gasteiger partial charge in [-0.15, -0.1) is 0 Å². The maximum atomic E-state index is 4.94. The number of ether oxygens (including phenoxy) is 1. The quantitative estimate of drug-likeness (QED) is 0.110. The van der Waals surface area contributed by atoms with E-state index < -0.39 is 0 Å². The predicted molar refractivity (Wildman–Crippen MR) is 206 cm³/mol. The first-order valence-electron chi connectivity index (χ1n) is 15.5. The first kappa shape index (κ1) is 34.4. The van der Waals surface area contributed by atoms with Crippen LogP contribution in [0.4, 0.5) is 0 Å². The molecule has 0 radical (unpaired) electrons. The van der Waals surface area contributed by atoms with Gasteiger partial charge in [0.1, 0.15) is 0 Å². The van der Waals surface area contributed by atoms with Gasteiger partial charge in [0.15, 0.2) is 0 Å². The number of unbranched alkanes of at least 4 members (excludes halogenated alkanes) is 5. The van der Waals surface area contributed by atoms with E-state index in [0.717, 1.165) is 49.4 Å².